The molecule has 0 aliphatic rings. The van der Waals surface area contributed by atoms with E-state index in [9.17, 15) is 4.79 Å². The van der Waals surface area contributed by atoms with Crippen molar-refractivity contribution in [2.24, 2.45) is 5.92 Å². The van der Waals surface area contributed by atoms with E-state index in [2.05, 4.69) is 34.4 Å². The zero-order chi connectivity index (χ0) is 20.6. The highest BCUT2D eigenvalue weighted by Gasteiger charge is 2.13. The molecule has 1 amide bonds. The highest BCUT2D eigenvalue weighted by Crippen LogP contribution is 2.19. The highest BCUT2D eigenvalue weighted by atomic mass is 16.5. The fourth-order valence-corrected chi connectivity index (χ4v) is 2.69. The van der Waals surface area contributed by atoms with Crippen molar-refractivity contribution in [2.75, 3.05) is 19.0 Å². The Bertz CT molecular complexity index is 941. The molecule has 3 aromatic rings. The van der Waals surface area contributed by atoms with E-state index < -0.39 is 0 Å². The Hall–Kier alpha value is -3.41. The average molecular weight is 390 g/mol. The first-order chi connectivity index (χ1) is 14.0. The van der Waals surface area contributed by atoms with Crippen molar-refractivity contribution >= 4 is 11.7 Å². The molecule has 2 N–H and O–H groups in total. The molecule has 1 heterocycles. The SMILES string of the molecule is COc1ccc(CNc2cc(C(=O)NCC(C)C)nc(-c3ccccc3)n2)cc1. The lowest BCUT2D eigenvalue weighted by molar-refractivity contribution is 0.0944. The van der Waals surface area contributed by atoms with Crippen LogP contribution in [0.15, 0.2) is 60.7 Å². The first-order valence-corrected chi connectivity index (χ1v) is 9.64. The minimum Gasteiger partial charge on any atom is -0.497 e. The third-order valence-electron chi connectivity index (χ3n) is 4.29. The van der Waals surface area contributed by atoms with E-state index in [0.717, 1.165) is 16.9 Å². The quantitative estimate of drug-likeness (QED) is 0.604. The Balaban J connectivity index is 1.84. The van der Waals surface area contributed by atoms with Gasteiger partial charge in [0.2, 0.25) is 0 Å². The summed E-state index contributed by atoms with van der Waals surface area (Å²) in [5.41, 5.74) is 2.28. The Morgan fingerprint density at radius 2 is 1.76 bits per heavy atom. The van der Waals surface area contributed by atoms with E-state index in [1.165, 1.54) is 0 Å². The summed E-state index contributed by atoms with van der Waals surface area (Å²) in [4.78, 5) is 21.7. The van der Waals surface area contributed by atoms with Crippen LogP contribution in [0.2, 0.25) is 0 Å². The number of carbonyl (C=O) groups is 1. The number of ether oxygens (including phenoxy) is 1. The number of hydrogen-bond donors (Lipinski definition) is 2. The van der Waals surface area contributed by atoms with Crippen molar-refractivity contribution in [3.63, 3.8) is 0 Å². The second-order valence-corrected chi connectivity index (χ2v) is 7.13. The number of nitrogens with zero attached hydrogens (tertiary/aromatic N) is 2. The standard InChI is InChI=1S/C23H26N4O2/c1-16(2)14-25-23(28)20-13-21(24-15-17-9-11-19(29-3)12-10-17)27-22(26-20)18-7-5-4-6-8-18/h4-13,16H,14-15H2,1-3H3,(H,25,28)(H,24,26,27). The summed E-state index contributed by atoms with van der Waals surface area (Å²) < 4.78 is 5.19. The third-order valence-corrected chi connectivity index (χ3v) is 4.29. The first-order valence-electron chi connectivity index (χ1n) is 9.64. The molecule has 6 nitrogen and oxygen atoms in total. The van der Waals surface area contributed by atoms with Gasteiger partial charge in [0.15, 0.2) is 5.82 Å². The fraction of sp³-hybridized carbons (Fsp3) is 0.261. The Morgan fingerprint density at radius 1 is 1.03 bits per heavy atom. The molecule has 0 saturated heterocycles. The number of nitrogens with one attached hydrogen (secondary N) is 2. The summed E-state index contributed by atoms with van der Waals surface area (Å²) in [6.45, 7) is 5.27. The van der Waals surface area contributed by atoms with Gasteiger partial charge in [-0.2, -0.15) is 0 Å². The van der Waals surface area contributed by atoms with E-state index >= 15 is 0 Å². The predicted molar refractivity (Wildman–Crippen MR) is 115 cm³/mol. The molecule has 1 aromatic heterocycles. The summed E-state index contributed by atoms with van der Waals surface area (Å²) in [7, 11) is 1.64. The smallest absolute Gasteiger partial charge is 0.270 e. The maximum Gasteiger partial charge on any atom is 0.270 e. The van der Waals surface area contributed by atoms with Crippen LogP contribution in [-0.2, 0) is 6.54 Å². The second kappa shape index (κ2) is 9.68. The van der Waals surface area contributed by atoms with Gasteiger partial charge in [-0.1, -0.05) is 56.3 Å². The summed E-state index contributed by atoms with van der Waals surface area (Å²) >= 11 is 0. The van der Waals surface area contributed by atoms with Crippen molar-refractivity contribution in [3.05, 3.63) is 71.9 Å². The predicted octanol–water partition coefficient (Wildman–Crippen LogP) is 4.15. The van der Waals surface area contributed by atoms with Gasteiger partial charge in [0.25, 0.3) is 5.91 Å². The molecule has 2 aromatic carbocycles. The molecule has 0 aliphatic heterocycles. The summed E-state index contributed by atoms with van der Waals surface area (Å²) in [5.74, 6) is 2.09. The van der Waals surface area contributed by atoms with Crippen LogP contribution in [0.4, 0.5) is 5.82 Å². The lowest BCUT2D eigenvalue weighted by Crippen LogP contribution is -2.28. The van der Waals surface area contributed by atoms with Gasteiger partial charge < -0.3 is 15.4 Å². The van der Waals surface area contributed by atoms with Gasteiger partial charge in [-0.15, -0.1) is 0 Å². The zero-order valence-electron chi connectivity index (χ0n) is 17.0. The van der Waals surface area contributed by atoms with Gasteiger partial charge in [-0.05, 0) is 23.6 Å². The number of methoxy groups -OCH3 is 1. The Kier molecular flexibility index (Phi) is 6.79. The van der Waals surface area contributed by atoms with Crippen molar-refractivity contribution < 1.29 is 9.53 Å². The van der Waals surface area contributed by atoms with Crippen LogP contribution in [0.3, 0.4) is 0 Å². The Labute approximate surface area is 171 Å². The fourth-order valence-electron chi connectivity index (χ4n) is 2.69. The van der Waals surface area contributed by atoms with E-state index in [1.807, 2.05) is 54.6 Å². The molecule has 0 atom stereocenters. The van der Waals surface area contributed by atoms with Gasteiger partial charge in [-0.25, -0.2) is 9.97 Å². The van der Waals surface area contributed by atoms with Crippen molar-refractivity contribution in [3.8, 4) is 17.1 Å². The van der Waals surface area contributed by atoms with E-state index in [0.29, 0.717) is 36.3 Å². The third kappa shape index (κ3) is 5.78. The summed E-state index contributed by atoms with van der Waals surface area (Å²) in [5, 5.41) is 6.22. The number of amides is 1. The summed E-state index contributed by atoms with van der Waals surface area (Å²) in [6, 6.07) is 19.1. The number of benzene rings is 2. The molecular formula is C23H26N4O2. The van der Waals surface area contributed by atoms with E-state index in [-0.39, 0.29) is 5.91 Å². The van der Waals surface area contributed by atoms with Gasteiger partial charge in [0, 0.05) is 24.7 Å². The van der Waals surface area contributed by atoms with Crippen molar-refractivity contribution in [1.82, 2.24) is 15.3 Å². The lowest BCUT2D eigenvalue weighted by Gasteiger charge is -2.12. The van der Waals surface area contributed by atoms with E-state index in [1.54, 1.807) is 13.2 Å². The molecule has 150 valence electrons. The minimum absolute atomic E-state index is 0.203. The molecule has 0 radical (unpaired) electrons. The number of hydrogen-bond acceptors (Lipinski definition) is 5. The molecule has 29 heavy (non-hydrogen) atoms. The lowest BCUT2D eigenvalue weighted by atomic mass is 10.2. The van der Waals surface area contributed by atoms with Crippen molar-refractivity contribution in [2.45, 2.75) is 20.4 Å². The molecule has 0 unspecified atom stereocenters. The number of aromatic nitrogens is 2. The average Bonchev–Trinajstić information content (AvgIpc) is 2.76. The molecule has 6 heteroatoms. The second-order valence-electron chi connectivity index (χ2n) is 7.13. The van der Waals surface area contributed by atoms with Crippen molar-refractivity contribution in [1.29, 1.82) is 0 Å². The number of anilines is 1. The Morgan fingerprint density at radius 3 is 2.41 bits per heavy atom. The molecule has 0 fully saturated rings. The molecular weight excluding hydrogens is 364 g/mol. The van der Waals surface area contributed by atoms with Crippen LogP contribution in [0, 0.1) is 5.92 Å². The van der Waals surface area contributed by atoms with Crippen LogP contribution in [0.5, 0.6) is 5.75 Å². The molecule has 0 spiro atoms. The van der Waals surface area contributed by atoms with Gasteiger partial charge in [0.1, 0.15) is 17.3 Å². The van der Waals surface area contributed by atoms with Crippen LogP contribution < -0.4 is 15.4 Å². The number of rotatable bonds is 8. The van der Waals surface area contributed by atoms with E-state index in [4.69, 9.17) is 4.74 Å². The maximum atomic E-state index is 12.6. The van der Waals surface area contributed by atoms with Crippen LogP contribution in [0.1, 0.15) is 29.9 Å². The molecule has 0 aliphatic carbocycles. The van der Waals surface area contributed by atoms with Crippen LogP contribution >= 0.6 is 0 Å². The van der Waals surface area contributed by atoms with Gasteiger partial charge >= 0.3 is 0 Å². The van der Waals surface area contributed by atoms with Gasteiger partial charge in [0.05, 0.1) is 7.11 Å². The molecule has 3 rings (SSSR count). The topological polar surface area (TPSA) is 76.1 Å². The van der Waals surface area contributed by atoms with Crippen LogP contribution in [-0.4, -0.2) is 29.5 Å². The summed E-state index contributed by atoms with van der Waals surface area (Å²) in [6.07, 6.45) is 0. The normalized spacial score (nSPS) is 10.6. The van der Waals surface area contributed by atoms with Gasteiger partial charge in [-0.3, -0.25) is 4.79 Å². The largest absolute Gasteiger partial charge is 0.497 e. The monoisotopic (exact) mass is 390 g/mol. The molecule has 0 bridgehead atoms. The zero-order valence-corrected chi connectivity index (χ0v) is 17.0. The highest BCUT2D eigenvalue weighted by molar-refractivity contribution is 5.93. The molecule has 0 saturated carbocycles. The minimum atomic E-state index is -0.203. The number of carbonyl (C=O) groups excluding carboxylic acids is 1. The maximum absolute atomic E-state index is 12.6. The first kappa shape index (κ1) is 20.3. The van der Waals surface area contributed by atoms with Crippen LogP contribution in [0.25, 0.3) is 11.4 Å².